The topological polar surface area (TPSA) is 33.2 Å². The predicted octanol–water partition coefficient (Wildman–Crippen LogP) is 3.87. The zero-order chi connectivity index (χ0) is 14.8. The number of rotatable bonds is 1. The number of fused-ring (bicyclic) bond motifs is 1. The molecule has 3 rings (SSSR count). The molecule has 1 aliphatic rings. The lowest BCUT2D eigenvalue weighted by Gasteiger charge is -2.21. The fraction of sp³-hybridized carbons (Fsp3) is 0.444. The van der Waals surface area contributed by atoms with E-state index in [1.165, 1.54) is 12.8 Å². The average Bonchev–Trinajstić information content (AvgIpc) is 2.76. The second-order valence-electron chi connectivity index (χ2n) is 5.99. The number of benzene rings is 1. The highest BCUT2D eigenvalue weighted by atomic mass is 16.2. The molecule has 1 aromatic heterocycles. The van der Waals surface area contributed by atoms with Crippen LogP contribution >= 0.6 is 0 Å². The number of nitrogens with zero attached hydrogens (tertiary/aromatic N) is 2. The summed E-state index contributed by atoms with van der Waals surface area (Å²) in [5.41, 5.74) is 3.80. The van der Waals surface area contributed by atoms with Gasteiger partial charge in [-0.25, -0.2) is 0 Å². The summed E-state index contributed by atoms with van der Waals surface area (Å²) < 4.78 is 0. The Hall–Kier alpha value is -1.90. The standard InChI is InChI=1S/C18H22N2O/c1-13-8-7-9-15-16(12-14(2)19-17(13)15)18(21)20-10-5-3-4-6-11-20/h7-9,12H,3-6,10-11H2,1-2H3. The van der Waals surface area contributed by atoms with Gasteiger partial charge in [0.2, 0.25) is 0 Å². The summed E-state index contributed by atoms with van der Waals surface area (Å²) in [6.45, 7) is 5.78. The van der Waals surface area contributed by atoms with Gasteiger partial charge in [0, 0.05) is 24.2 Å². The third kappa shape index (κ3) is 2.78. The highest BCUT2D eigenvalue weighted by Gasteiger charge is 2.20. The minimum Gasteiger partial charge on any atom is -0.339 e. The van der Waals surface area contributed by atoms with Crippen LogP contribution in [0.1, 0.15) is 47.3 Å². The molecule has 1 saturated heterocycles. The van der Waals surface area contributed by atoms with Gasteiger partial charge in [-0.1, -0.05) is 31.0 Å². The van der Waals surface area contributed by atoms with Gasteiger partial charge in [-0.15, -0.1) is 0 Å². The molecular weight excluding hydrogens is 260 g/mol. The van der Waals surface area contributed by atoms with E-state index in [4.69, 9.17) is 0 Å². The molecule has 3 heteroatoms. The number of aryl methyl sites for hydroxylation is 2. The maximum Gasteiger partial charge on any atom is 0.254 e. The maximum atomic E-state index is 12.9. The number of hydrogen-bond acceptors (Lipinski definition) is 2. The van der Waals surface area contributed by atoms with Crippen molar-refractivity contribution < 1.29 is 4.79 Å². The Kier molecular flexibility index (Phi) is 3.91. The Morgan fingerprint density at radius 2 is 1.81 bits per heavy atom. The third-order valence-electron chi connectivity index (χ3n) is 4.29. The number of hydrogen-bond donors (Lipinski definition) is 0. The van der Waals surface area contributed by atoms with Crippen LogP contribution in [0.15, 0.2) is 24.3 Å². The van der Waals surface area contributed by atoms with Crippen molar-refractivity contribution in [3.63, 3.8) is 0 Å². The molecule has 0 spiro atoms. The van der Waals surface area contributed by atoms with E-state index in [9.17, 15) is 4.79 Å². The monoisotopic (exact) mass is 282 g/mol. The van der Waals surface area contributed by atoms with Gasteiger partial charge in [-0.3, -0.25) is 9.78 Å². The molecule has 0 atom stereocenters. The van der Waals surface area contributed by atoms with Gasteiger partial charge in [0.05, 0.1) is 11.1 Å². The molecule has 0 unspecified atom stereocenters. The Labute approximate surface area is 126 Å². The lowest BCUT2D eigenvalue weighted by molar-refractivity contribution is 0.0763. The van der Waals surface area contributed by atoms with Crippen molar-refractivity contribution in [2.24, 2.45) is 0 Å². The van der Waals surface area contributed by atoms with Gasteiger partial charge < -0.3 is 4.90 Å². The van der Waals surface area contributed by atoms with E-state index in [1.54, 1.807) is 0 Å². The maximum absolute atomic E-state index is 12.9. The second kappa shape index (κ2) is 5.84. The van der Waals surface area contributed by atoms with Crippen LogP contribution in [0.2, 0.25) is 0 Å². The third-order valence-corrected chi connectivity index (χ3v) is 4.29. The van der Waals surface area contributed by atoms with Crippen LogP contribution in [-0.2, 0) is 0 Å². The first-order valence-electron chi connectivity index (χ1n) is 7.83. The van der Waals surface area contributed by atoms with E-state index in [0.29, 0.717) is 0 Å². The fourth-order valence-electron chi connectivity index (χ4n) is 3.14. The van der Waals surface area contributed by atoms with Crippen LogP contribution in [0.3, 0.4) is 0 Å². The first kappa shape index (κ1) is 14.1. The van der Waals surface area contributed by atoms with Crippen molar-refractivity contribution in [1.29, 1.82) is 0 Å². The van der Waals surface area contributed by atoms with Crippen molar-refractivity contribution in [3.05, 3.63) is 41.1 Å². The number of pyridine rings is 1. The normalized spacial score (nSPS) is 16.0. The summed E-state index contributed by atoms with van der Waals surface area (Å²) in [4.78, 5) is 19.6. The van der Waals surface area contributed by atoms with Gasteiger partial charge in [-0.2, -0.15) is 0 Å². The molecule has 0 saturated carbocycles. The number of carbonyl (C=O) groups is 1. The minimum absolute atomic E-state index is 0.165. The SMILES string of the molecule is Cc1cc(C(=O)N2CCCCCC2)c2cccc(C)c2n1. The van der Waals surface area contributed by atoms with Crippen molar-refractivity contribution in [2.45, 2.75) is 39.5 Å². The smallest absolute Gasteiger partial charge is 0.254 e. The van der Waals surface area contributed by atoms with E-state index < -0.39 is 0 Å². The number of carbonyl (C=O) groups excluding carboxylic acids is 1. The van der Waals surface area contributed by atoms with Crippen LogP contribution in [0.25, 0.3) is 10.9 Å². The lowest BCUT2D eigenvalue weighted by atomic mass is 10.0. The van der Waals surface area contributed by atoms with E-state index >= 15 is 0 Å². The predicted molar refractivity (Wildman–Crippen MR) is 85.6 cm³/mol. The fourth-order valence-corrected chi connectivity index (χ4v) is 3.14. The molecule has 2 aromatic rings. The van der Waals surface area contributed by atoms with Gasteiger partial charge in [-0.05, 0) is 38.3 Å². The molecule has 21 heavy (non-hydrogen) atoms. The van der Waals surface area contributed by atoms with Crippen LogP contribution in [0.4, 0.5) is 0 Å². The van der Waals surface area contributed by atoms with Crippen molar-refractivity contribution >= 4 is 16.8 Å². The zero-order valence-electron chi connectivity index (χ0n) is 12.9. The summed E-state index contributed by atoms with van der Waals surface area (Å²) in [5, 5.41) is 0.981. The molecular formula is C18H22N2O. The quantitative estimate of drug-likeness (QED) is 0.795. The Bertz CT molecular complexity index is 670. The Morgan fingerprint density at radius 1 is 1.10 bits per heavy atom. The van der Waals surface area contributed by atoms with Crippen LogP contribution in [0.5, 0.6) is 0 Å². The second-order valence-corrected chi connectivity index (χ2v) is 5.99. The zero-order valence-corrected chi connectivity index (χ0v) is 12.9. The molecule has 0 aliphatic carbocycles. The van der Waals surface area contributed by atoms with E-state index in [2.05, 4.69) is 18.0 Å². The van der Waals surface area contributed by atoms with Gasteiger partial charge in [0.15, 0.2) is 0 Å². The highest BCUT2D eigenvalue weighted by Crippen LogP contribution is 2.23. The number of aromatic nitrogens is 1. The first-order valence-corrected chi connectivity index (χ1v) is 7.83. The highest BCUT2D eigenvalue weighted by molar-refractivity contribution is 6.06. The molecule has 1 amide bonds. The summed E-state index contributed by atoms with van der Waals surface area (Å²) in [5.74, 6) is 0.165. The van der Waals surface area contributed by atoms with Gasteiger partial charge in [0.25, 0.3) is 5.91 Å². The van der Waals surface area contributed by atoms with E-state index in [1.807, 2.05) is 30.0 Å². The van der Waals surface area contributed by atoms with E-state index in [0.717, 1.165) is 53.7 Å². The van der Waals surface area contributed by atoms with Crippen molar-refractivity contribution in [3.8, 4) is 0 Å². The number of para-hydroxylation sites is 1. The van der Waals surface area contributed by atoms with Crippen molar-refractivity contribution in [1.82, 2.24) is 9.88 Å². The average molecular weight is 282 g/mol. The largest absolute Gasteiger partial charge is 0.339 e. The summed E-state index contributed by atoms with van der Waals surface area (Å²) >= 11 is 0. The summed E-state index contributed by atoms with van der Waals surface area (Å²) in [6, 6.07) is 8.01. The van der Waals surface area contributed by atoms with Crippen LogP contribution < -0.4 is 0 Å². The van der Waals surface area contributed by atoms with Crippen LogP contribution in [-0.4, -0.2) is 28.9 Å². The lowest BCUT2D eigenvalue weighted by Crippen LogP contribution is -2.32. The molecule has 0 N–H and O–H groups in total. The Balaban J connectivity index is 2.06. The summed E-state index contributed by atoms with van der Waals surface area (Å²) in [7, 11) is 0. The molecule has 2 heterocycles. The molecule has 1 aliphatic heterocycles. The molecule has 1 aromatic carbocycles. The van der Waals surface area contributed by atoms with Gasteiger partial charge in [0.1, 0.15) is 0 Å². The summed E-state index contributed by atoms with van der Waals surface area (Å²) in [6.07, 6.45) is 4.71. The number of likely N-dealkylation sites (tertiary alicyclic amines) is 1. The number of amides is 1. The Morgan fingerprint density at radius 3 is 2.52 bits per heavy atom. The molecule has 0 radical (unpaired) electrons. The molecule has 1 fully saturated rings. The van der Waals surface area contributed by atoms with Crippen molar-refractivity contribution in [2.75, 3.05) is 13.1 Å². The van der Waals surface area contributed by atoms with E-state index in [-0.39, 0.29) is 5.91 Å². The first-order chi connectivity index (χ1) is 10.2. The molecule has 0 bridgehead atoms. The van der Waals surface area contributed by atoms with Gasteiger partial charge >= 0.3 is 0 Å². The van der Waals surface area contributed by atoms with Crippen LogP contribution in [0, 0.1) is 13.8 Å². The molecule has 3 nitrogen and oxygen atoms in total. The molecule has 110 valence electrons. The minimum atomic E-state index is 0.165.